The molecule has 2 nitrogen and oxygen atoms in total. The first-order valence-electron chi connectivity index (χ1n) is 6.64. The highest BCUT2D eigenvalue weighted by Crippen LogP contribution is 2.00. The molecule has 2 N–H and O–H groups in total. The zero-order valence-electron chi connectivity index (χ0n) is 10.8. The quantitative estimate of drug-likeness (QED) is 0.496. The van der Waals surface area contributed by atoms with E-state index in [1.165, 1.54) is 31.2 Å². The lowest BCUT2D eigenvalue weighted by atomic mass is 10.1. The molecule has 0 bridgehead atoms. The van der Waals surface area contributed by atoms with Crippen LogP contribution in [0.3, 0.4) is 0 Å². The van der Waals surface area contributed by atoms with Crippen LogP contribution in [0, 0.1) is 5.41 Å². The number of benzene rings is 1. The number of rotatable bonds is 9. The minimum Gasteiger partial charge on any atom is -0.311 e. The maximum absolute atomic E-state index is 7.88. The summed E-state index contributed by atoms with van der Waals surface area (Å²) in [6.45, 7) is 3.99. The van der Waals surface area contributed by atoms with Crippen LogP contribution >= 0.6 is 0 Å². The summed E-state index contributed by atoms with van der Waals surface area (Å²) in [5.74, 6) is 0. The van der Waals surface area contributed by atoms with Crippen molar-refractivity contribution < 1.29 is 0 Å². The summed E-state index contributed by atoms with van der Waals surface area (Å²) in [4.78, 5) is 0. The Hall–Kier alpha value is -1.15. The van der Waals surface area contributed by atoms with Gasteiger partial charge in [0.05, 0.1) is 0 Å². The molecule has 1 rings (SSSR count). The van der Waals surface area contributed by atoms with Crippen LogP contribution in [0.25, 0.3) is 0 Å². The highest BCUT2D eigenvalue weighted by atomic mass is 14.9. The minimum absolute atomic E-state index is 0.723. The molecule has 0 saturated carbocycles. The standard InChI is InChI=1S/C15H24N2/c1-2-3-4-8-11-17-13-15(16)12-14-9-6-5-7-10-14/h5-7,9-10,16-17H,2-4,8,11-13H2,1H3. The van der Waals surface area contributed by atoms with Gasteiger partial charge in [0.1, 0.15) is 0 Å². The molecule has 1 aromatic carbocycles. The highest BCUT2D eigenvalue weighted by Gasteiger charge is 1.98. The maximum atomic E-state index is 7.88. The van der Waals surface area contributed by atoms with E-state index in [4.69, 9.17) is 5.41 Å². The molecule has 1 aromatic rings. The summed E-state index contributed by atoms with van der Waals surface area (Å²) in [7, 11) is 0. The molecule has 0 unspecified atom stereocenters. The number of hydrogen-bond donors (Lipinski definition) is 2. The van der Waals surface area contributed by atoms with Crippen molar-refractivity contribution in [2.75, 3.05) is 13.1 Å². The SMILES string of the molecule is CCCCCCNCC(=N)Cc1ccccc1. The molecule has 0 aromatic heterocycles. The first kappa shape index (κ1) is 13.9. The van der Waals surface area contributed by atoms with Crippen molar-refractivity contribution in [2.45, 2.75) is 39.0 Å². The molecule has 0 aliphatic carbocycles. The van der Waals surface area contributed by atoms with Crippen LogP contribution in [0.1, 0.15) is 38.2 Å². The molecule has 0 fully saturated rings. The fourth-order valence-corrected chi connectivity index (χ4v) is 1.82. The summed E-state index contributed by atoms with van der Waals surface area (Å²) in [6.07, 6.45) is 5.90. The van der Waals surface area contributed by atoms with Crippen LogP contribution in [0.15, 0.2) is 30.3 Å². The largest absolute Gasteiger partial charge is 0.311 e. The van der Waals surface area contributed by atoms with Gasteiger partial charge in [-0.1, -0.05) is 56.5 Å². The van der Waals surface area contributed by atoms with Gasteiger partial charge >= 0.3 is 0 Å². The number of hydrogen-bond acceptors (Lipinski definition) is 2. The van der Waals surface area contributed by atoms with Gasteiger partial charge in [-0.25, -0.2) is 0 Å². The summed E-state index contributed by atoms with van der Waals surface area (Å²) >= 11 is 0. The molecule has 0 amide bonds. The number of unbranched alkanes of at least 4 members (excludes halogenated alkanes) is 3. The Morgan fingerprint density at radius 3 is 2.59 bits per heavy atom. The van der Waals surface area contributed by atoms with Crippen LogP contribution in [0.4, 0.5) is 0 Å². The Morgan fingerprint density at radius 1 is 1.12 bits per heavy atom. The van der Waals surface area contributed by atoms with Crippen molar-refractivity contribution in [3.8, 4) is 0 Å². The minimum atomic E-state index is 0.723. The van der Waals surface area contributed by atoms with Crippen molar-refractivity contribution in [1.82, 2.24) is 5.32 Å². The molecular formula is C15H24N2. The van der Waals surface area contributed by atoms with E-state index in [1.807, 2.05) is 18.2 Å². The van der Waals surface area contributed by atoms with Crippen molar-refractivity contribution in [1.29, 1.82) is 5.41 Å². The summed E-state index contributed by atoms with van der Waals surface area (Å²) in [5, 5.41) is 11.2. The molecule has 0 radical (unpaired) electrons. The monoisotopic (exact) mass is 232 g/mol. The maximum Gasteiger partial charge on any atom is 0.0336 e. The van der Waals surface area contributed by atoms with Gasteiger partial charge in [-0.05, 0) is 18.5 Å². The Kier molecular flexibility index (Phi) is 7.32. The van der Waals surface area contributed by atoms with Crippen LogP contribution < -0.4 is 5.32 Å². The van der Waals surface area contributed by atoms with E-state index in [0.717, 1.165) is 25.2 Å². The van der Waals surface area contributed by atoms with Crippen molar-refractivity contribution in [3.63, 3.8) is 0 Å². The second-order valence-corrected chi connectivity index (χ2v) is 4.50. The van der Waals surface area contributed by atoms with Gasteiger partial charge in [0.2, 0.25) is 0 Å². The first-order valence-corrected chi connectivity index (χ1v) is 6.64. The Morgan fingerprint density at radius 2 is 1.88 bits per heavy atom. The van der Waals surface area contributed by atoms with E-state index >= 15 is 0 Å². The Labute approximate surface area is 105 Å². The van der Waals surface area contributed by atoms with Crippen LogP contribution in [0.5, 0.6) is 0 Å². The third-order valence-electron chi connectivity index (χ3n) is 2.81. The Bertz CT molecular complexity index is 306. The molecule has 0 saturated heterocycles. The zero-order chi connectivity index (χ0) is 12.3. The van der Waals surface area contributed by atoms with Crippen molar-refractivity contribution in [3.05, 3.63) is 35.9 Å². The van der Waals surface area contributed by atoms with Crippen LogP contribution in [-0.4, -0.2) is 18.8 Å². The predicted octanol–water partition coefficient (Wildman–Crippen LogP) is 3.42. The van der Waals surface area contributed by atoms with Gasteiger partial charge in [0.25, 0.3) is 0 Å². The molecule has 0 heterocycles. The van der Waals surface area contributed by atoms with E-state index in [9.17, 15) is 0 Å². The second-order valence-electron chi connectivity index (χ2n) is 4.50. The third-order valence-corrected chi connectivity index (χ3v) is 2.81. The molecule has 0 aliphatic rings. The first-order chi connectivity index (χ1) is 8.33. The van der Waals surface area contributed by atoms with Crippen LogP contribution in [0.2, 0.25) is 0 Å². The third kappa shape index (κ3) is 6.90. The highest BCUT2D eigenvalue weighted by molar-refractivity contribution is 5.85. The lowest BCUT2D eigenvalue weighted by Crippen LogP contribution is -2.24. The Balaban J connectivity index is 2.06. The average Bonchev–Trinajstić information content (AvgIpc) is 2.35. The topological polar surface area (TPSA) is 35.9 Å². The van der Waals surface area contributed by atoms with E-state index in [0.29, 0.717) is 0 Å². The zero-order valence-corrected chi connectivity index (χ0v) is 10.8. The molecule has 0 aliphatic heterocycles. The molecule has 17 heavy (non-hydrogen) atoms. The summed E-state index contributed by atoms with van der Waals surface area (Å²) < 4.78 is 0. The predicted molar refractivity (Wildman–Crippen MR) is 74.9 cm³/mol. The van der Waals surface area contributed by atoms with Gasteiger partial charge in [0, 0.05) is 18.7 Å². The lowest BCUT2D eigenvalue weighted by molar-refractivity contribution is 0.623. The van der Waals surface area contributed by atoms with E-state index in [1.54, 1.807) is 0 Å². The molecule has 0 spiro atoms. The van der Waals surface area contributed by atoms with Gasteiger partial charge < -0.3 is 10.7 Å². The van der Waals surface area contributed by atoms with E-state index < -0.39 is 0 Å². The lowest BCUT2D eigenvalue weighted by Gasteiger charge is -2.06. The fourth-order valence-electron chi connectivity index (χ4n) is 1.82. The molecule has 0 atom stereocenters. The van der Waals surface area contributed by atoms with E-state index in [2.05, 4.69) is 24.4 Å². The van der Waals surface area contributed by atoms with Gasteiger partial charge in [-0.2, -0.15) is 0 Å². The average molecular weight is 232 g/mol. The second kappa shape index (κ2) is 8.94. The van der Waals surface area contributed by atoms with E-state index in [-0.39, 0.29) is 0 Å². The smallest absolute Gasteiger partial charge is 0.0336 e. The van der Waals surface area contributed by atoms with Gasteiger partial charge in [-0.3, -0.25) is 0 Å². The number of nitrogens with one attached hydrogen (secondary N) is 2. The molecular weight excluding hydrogens is 208 g/mol. The normalized spacial score (nSPS) is 10.4. The van der Waals surface area contributed by atoms with Gasteiger partial charge in [0.15, 0.2) is 0 Å². The summed E-state index contributed by atoms with van der Waals surface area (Å²) in [6, 6.07) is 10.2. The summed E-state index contributed by atoms with van der Waals surface area (Å²) in [5.41, 5.74) is 2.00. The van der Waals surface area contributed by atoms with Crippen LogP contribution in [-0.2, 0) is 6.42 Å². The molecule has 2 heteroatoms. The van der Waals surface area contributed by atoms with Gasteiger partial charge in [-0.15, -0.1) is 0 Å². The fraction of sp³-hybridized carbons (Fsp3) is 0.533. The van der Waals surface area contributed by atoms with Crippen molar-refractivity contribution in [2.24, 2.45) is 0 Å². The molecule has 94 valence electrons. The van der Waals surface area contributed by atoms with Crippen molar-refractivity contribution >= 4 is 5.71 Å².